The molecule has 5 rings (SSSR count). The number of hydrogen-bond acceptors (Lipinski definition) is 12. The number of aromatic nitrogens is 8. The van der Waals surface area contributed by atoms with E-state index in [-0.39, 0.29) is 11.1 Å². The molecular formula is C24H26ClN9O5. The summed E-state index contributed by atoms with van der Waals surface area (Å²) in [7, 11) is 0. The Bertz CT molecular complexity index is 1480. The molecule has 0 amide bonds. The minimum atomic E-state index is -1.08. The Labute approximate surface area is 227 Å². The Hall–Kier alpha value is -4.17. The highest BCUT2D eigenvalue weighted by Gasteiger charge is 2.53. The molecule has 4 unspecified atom stereocenters. The fraction of sp³-hybridized carbons (Fsp3) is 0.417. The molecule has 3 aromatic heterocycles. The van der Waals surface area contributed by atoms with E-state index < -0.39 is 36.5 Å². The number of tetrazole rings is 1. The fourth-order valence-corrected chi connectivity index (χ4v) is 4.55. The molecule has 0 bridgehead atoms. The maximum atomic E-state index is 12.1. The number of ether oxygens (including phenoxy) is 3. The van der Waals surface area contributed by atoms with Crippen molar-refractivity contribution in [1.82, 2.24) is 39.7 Å². The van der Waals surface area contributed by atoms with E-state index in [1.807, 2.05) is 37.3 Å². The molecule has 1 aliphatic rings. The third-order valence-corrected chi connectivity index (χ3v) is 6.19. The van der Waals surface area contributed by atoms with E-state index >= 15 is 0 Å². The zero-order valence-corrected chi connectivity index (χ0v) is 22.1. The number of carbonyl (C=O) groups excluding carboxylic acids is 2. The van der Waals surface area contributed by atoms with Crippen LogP contribution >= 0.6 is 11.6 Å². The Morgan fingerprint density at radius 3 is 2.54 bits per heavy atom. The van der Waals surface area contributed by atoms with Crippen LogP contribution in [-0.4, -0.2) is 70.4 Å². The molecule has 4 aromatic rings. The number of aryl methyl sites for hydroxylation is 1. The first-order valence-corrected chi connectivity index (χ1v) is 12.7. The van der Waals surface area contributed by atoms with Crippen LogP contribution in [-0.2, 0) is 36.8 Å². The summed E-state index contributed by atoms with van der Waals surface area (Å²) < 4.78 is 19.0. The van der Waals surface area contributed by atoms with Gasteiger partial charge in [-0.1, -0.05) is 30.3 Å². The van der Waals surface area contributed by atoms with Crippen molar-refractivity contribution in [2.75, 3.05) is 11.9 Å². The van der Waals surface area contributed by atoms with Crippen molar-refractivity contribution in [2.24, 2.45) is 0 Å². The number of fused-ring (bicyclic) bond motifs is 1. The third-order valence-electron chi connectivity index (χ3n) is 6.02. The van der Waals surface area contributed by atoms with Crippen LogP contribution in [0.25, 0.3) is 11.2 Å². The lowest BCUT2D eigenvalue weighted by Crippen LogP contribution is -2.37. The summed E-state index contributed by atoms with van der Waals surface area (Å²) in [5.41, 5.74) is 1.92. The Morgan fingerprint density at radius 1 is 1.10 bits per heavy atom. The smallest absolute Gasteiger partial charge is 0.303 e. The van der Waals surface area contributed by atoms with Crippen LogP contribution in [0.2, 0.25) is 5.28 Å². The number of nitrogens with one attached hydrogen (secondary N) is 1. The molecule has 4 atom stereocenters. The summed E-state index contributed by atoms with van der Waals surface area (Å²) in [4.78, 5) is 38.6. The molecule has 1 N–H and O–H groups in total. The summed E-state index contributed by atoms with van der Waals surface area (Å²) in [6, 6.07) is 9.99. The van der Waals surface area contributed by atoms with Gasteiger partial charge in [0.2, 0.25) is 11.1 Å². The van der Waals surface area contributed by atoms with E-state index in [0.29, 0.717) is 30.1 Å². The van der Waals surface area contributed by atoms with Crippen LogP contribution in [0.4, 0.5) is 5.82 Å². The Morgan fingerprint density at radius 2 is 1.85 bits per heavy atom. The predicted octanol–water partition coefficient (Wildman–Crippen LogP) is 2.27. The zero-order chi connectivity index (χ0) is 27.5. The molecule has 0 spiro atoms. The van der Waals surface area contributed by atoms with Crippen molar-refractivity contribution in [1.29, 1.82) is 0 Å². The van der Waals surface area contributed by atoms with Gasteiger partial charge in [-0.15, -0.1) is 10.2 Å². The van der Waals surface area contributed by atoms with Gasteiger partial charge in [0.25, 0.3) is 0 Å². The number of nitrogens with zero attached hydrogens (tertiary/aromatic N) is 8. The molecule has 1 aliphatic heterocycles. The second kappa shape index (κ2) is 11.3. The Kier molecular flexibility index (Phi) is 7.65. The first kappa shape index (κ1) is 26.4. The summed E-state index contributed by atoms with van der Waals surface area (Å²) in [5.74, 6) is -0.595. The van der Waals surface area contributed by atoms with Gasteiger partial charge in [-0.25, -0.2) is 4.98 Å². The zero-order valence-electron chi connectivity index (χ0n) is 21.4. The molecular weight excluding hydrogens is 530 g/mol. The van der Waals surface area contributed by atoms with E-state index in [1.165, 1.54) is 25.0 Å². The van der Waals surface area contributed by atoms with Gasteiger partial charge in [-0.05, 0) is 35.7 Å². The number of halogens is 1. The molecule has 15 heteroatoms. The average Bonchev–Trinajstić information content (AvgIpc) is 3.62. The number of anilines is 1. The second-order valence-electron chi connectivity index (χ2n) is 8.76. The van der Waals surface area contributed by atoms with Crippen LogP contribution in [0.15, 0.2) is 36.7 Å². The molecule has 1 fully saturated rings. The first-order valence-electron chi connectivity index (χ1n) is 12.3. The number of rotatable bonds is 9. The number of esters is 2. The van der Waals surface area contributed by atoms with Gasteiger partial charge < -0.3 is 19.5 Å². The highest BCUT2D eigenvalue weighted by Crippen LogP contribution is 2.42. The molecule has 14 nitrogen and oxygen atoms in total. The quantitative estimate of drug-likeness (QED) is 0.237. The van der Waals surface area contributed by atoms with Crippen LogP contribution in [0, 0.1) is 0 Å². The Balaban J connectivity index is 1.49. The normalized spacial score (nSPS) is 20.7. The molecule has 39 heavy (non-hydrogen) atoms. The second-order valence-corrected chi connectivity index (χ2v) is 9.10. The van der Waals surface area contributed by atoms with Crippen molar-refractivity contribution in [2.45, 2.75) is 58.3 Å². The highest BCUT2D eigenvalue weighted by atomic mass is 35.5. The van der Waals surface area contributed by atoms with Crippen molar-refractivity contribution >= 4 is 40.5 Å². The van der Waals surface area contributed by atoms with E-state index in [0.717, 1.165) is 12.0 Å². The van der Waals surface area contributed by atoms with Gasteiger partial charge in [-0.3, -0.25) is 14.2 Å². The number of benzene rings is 1. The molecule has 1 aromatic carbocycles. The largest absolute Gasteiger partial charge is 0.455 e. The van der Waals surface area contributed by atoms with E-state index in [1.54, 1.807) is 4.57 Å². The fourth-order valence-electron chi connectivity index (χ4n) is 4.38. The van der Waals surface area contributed by atoms with Crippen LogP contribution in [0.5, 0.6) is 0 Å². The molecule has 0 radical (unpaired) electrons. The maximum absolute atomic E-state index is 12.1. The summed E-state index contributed by atoms with van der Waals surface area (Å²) in [5, 5.41) is 15.6. The number of imidazole rings is 1. The molecule has 0 saturated carbocycles. The summed E-state index contributed by atoms with van der Waals surface area (Å²) in [6.07, 6.45) is -1.91. The molecule has 204 valence electrons. The van der Waals surface area contributed by atoms with Crippen molar-refractivity contribution in [3.63, 3.8) is 0 Å². The standard InChI is InChI=1S/C24H26ClN9O5/c1-4-34-31-21(30-32-34)18-17(37-13(2)35)19(38-14(3)36)23(39-18)33-12-27-16-20(28-24(25)29-22(16)33)26-11-10-15-8-6-5-7-9-15/h5-9,12,17-19,23H,4,10-11H2,1-3H3,(H,26,28,29). The van der Waals surface area contributed by atoms with Crippen molar-refractivity contribution < 1.29 is 23.8 Å². The van der Waals surface area contributed by atoms with Crippen LogP contribution < -0.4 is 5.32 Å². The predicted molar refractivity (Wildman–Crippen MR) is 136 cm³/mol. The monoisotopic (exact) mass is 555 g/mol. The lowest BCUT2D eigenvalue weighted by atomic mass is 10.1. The van der Waals surface area contributed by atoms with Gasteiger partial charge in [0, 0.05) is 20.4 Å². The molecule has 0 aliphatic carbocycles. The van der Waals surface area contributed by atoms with E-state index in [9.17, 15) is 9.59 Å². The lowest BCUT2D eigenvalue weighted by Gasteiger charge is -2.23. The minimum Gasteiger partial charge on any atom is -0.455 e. The number of hydrogen-bond donors (Lipinski definition) is 1. The first-order chi connectivity index (χ1) is 18.8. The molecule has 4 heterocycles. The van der Waals surface area contributed by atoms with Gasteiger partial charge >= 0.3 is 11.9 Å². The summed E-state index contributed by atoms with van der Waals surface area (Å²) in [6.45, 7) is 5.39. The summed E-state index contributed by atoms with van der Waals surface area (Å²) >= 11 is 6.29. The highest BCUT2D eigenvalue weighted by molar-refractivity contribution is 6.28. The topological polar surface area (TPSA) is 161 Å². The van der Waals surface area contributed by atoms with Crippen molar-refractivity contribution in [3.8, 4) is 0 Å². The average molecular weight is 556 g/mol. The van der Waals surface area contributed by atoms with Crippen LogP contribution in [0.3, 0.4) is 0 Å². The lowest BCUT2D eigenvalue weighted by molar-refractivity contribution is -0.165. The van der Waals surface area contributed by atoms with Gasteiger partial charge in [-0.2, -0.15) is 14.8 Å². The maximum Gasteiger partial charge on any atom is 0.303 e. The van der Waals surface area contributed by atoms with Gasteiger partial charge in [0.15, 0.2) is 41.5 Å². The van der Waals surface area contributed by atoms with Gasteiger partial charge in [0.05, 0.1) is 12.9 Å². The third kappa shape index (κ3) is 5.66. The number of carbonyl (C=O) groups is 2. The van der Waals surface area contributed by atoms with Crippen LogP contribution in [0.1, 0.15) is 44.5 Å². The molecule has 1 saturated heterocycles. The van der Waals surface area contributed by atoms with Gasteiger partial charge in [0.1, 0.15) is 0 Å². The van der Waals surface area contributed by atoms with E-state index in [4.69, 9.17) is 25.8 Å². The SMILES string of the molecule is CCn1nnc(C2OC(n3cnc4c(NCCc5ccccc5)nc(Cl)nc43)C(OC(C)=O)C2OC(C)=O)n1. The van der Waals surface area contributed by atoms with Crippen molar-refractivity contribution in [3.05, 3.63) is 53.3 Å². The minimum absolute atomic E-state index is 0.0193. The van der Waals surface area contributed by atoms with E-state index in [2.05, 4.69) is 35.7 Å².